The number of carbonyl (C=O) groups is 2. The van der Waals surface area contributed by atoms with Gasteiger partial charge in [0.1, 0.15) is 5.75 Å². The summed E-state index contributed by atoms with van der Waals surface area (Å²) >= 11 is 0. The zero-order chi connectivity index (χ0) is 17.3. The highest BCUT2D eigenvalue weighted by Crippen LogP contribution is 2.31. The summed E-state index contributed by atoms with van der Waals surface area (Å²) in [5, 5.41) is 3.02. The molecule has 0 aliphatic carbocycles. The maximum absolute atomic E-state index is 12.4. The van der Waals surface area contributed by atoms with Crippen molar-refractivity contribution in [3.05, 3.63) is 23.8 Å². The Hall–Kier alpha value is -2.08. The van der Waals surface area contributed by atoms with Gasteiger partial charge >= 0.3 is 0 Å². The van der Waals surface area contributed by atoms with E-state index in [4.69, 9.17) is 4.74 Å². The molecule has 2 heterocycles. The van der Waals surface area contributed by atoms with E-state index in [-0.39, 0.29) is 18.4 Å². The van der Waals surface area contributed by atoms with Crippen molar-refractivity contribution < 1.29 is 14.3 Å². The van der Waals surface area contributed by atoms with Crippen molar-refractivity contribution in [3.63, 3.8) is 0 Å². The van der Waals surface area contributed by atoms with E-state index < -0.39 is 0 Å². The van der Waals surface area contributed by atoms with Crippen LogP contribution in [0.1, 0.15) is 30.6 Å². The summed E-state index contributed by atoms with van der Waals surface area (Å²) in [7, 11) is 1.70. The fourth-order valence-electron chi connectivity index (χ4n) is 3.25. The molecule has 2 amide bonds. The summed E-state index contributed by atoms with van der Waals surface area (Å²) in [5.41, 5.74) is 1.20. The molecule has 0 unspecified atom stereocenters. The highest BCUT2D eigenvalue weighted by Gasteiger charge is 2.26. The molecule has 0 radical (unpaired) electrons. The average molecular weight is 331 g/mol. The number of carbonyl (C=O) groups excluding carboxylic acids is 2. The lowest BCUT2D eigenvalue weighted by Crippen LogP contribution is -2.36. The van der Waals surface area contributed by atoms with Gasteiger partial charge in [-0.15, -0.1) is 0 Å². The van der Waals surface area contributed by atoms with Crippen molar-refractivity contribution in [2.45, 2.75) is 26.3 Å². The van der Waals surface area contributed by atoms with Gasteiger partial charge in [-0.3, -0.25) is 9.59 Å². The lowest BCUT2D eigenvalue weighted by atomic mass is 10.1. The van der Waals surface area contributed by atoms with Crippen molar-refractivity contribution in [2.24, 2.45) is 5.92 Å². The smallest absolute Gasteiger partial charge is 0.264 e. The van der Waals surface area contributed by atoms with Gasteiger partial charge in [0, 0.05) is 31.7 Å². The van der Waals surface area contributed by atoms with Crippen LogP contribution in [0, 0.1) is 5.92 Å². The van der Waals surface area contributed by atoms with Crippen LogP contribution in [0.4, 0.5) is 5.69 Å². The SMILES string of the molecule is CC(C)N1CC[C@H](CNC(=O)c2ccc3c(c2)N(C)C(=O)CO3)C1. The molecule has 1 saturated heterocycles. The van der Waals surface area contributed by atoms with Crippen molar-refractivity contribution in [2.75, 3.05) is 38.2 Å². The zero-order valence-corrected chi connectivity index (χ0v) is 14.5. The first-order chi connectivity index (χ1) is 11.5. The average Bonchev–Trinajstić information content (AvgIpc) is 3.05. The van der Waals surface area contributed by atoms with Gasteiger partial charge in [-0.25, -0.2) is 0 Å². The summed E-state index contributed by atoms with van der Waals surface area (Å²) in [6, 6.07) is 5.77. The number of rotatable bonds is 4. The largest absolute Gasteiger partial charge is 0.482 e. The van der Waals surface area contributed by atoms with Gasteiger partial charge in [0.15, 0.2) is 6.61 Å². The van der Waals surface area contributed by atoms with Gasteiger partial charge in [-0.1, -0.05) is 0 Å². The molecule has 1 N–H and O–H groups in total. The van der Waals surface area contributed by atoms with Crippen LogP contribution in [0.15, 0.2) is 18.2 Å². The Bertz CT molecular complexity index is 644. The third-order valence-electron chi connectivity index (χ3n) is 4.91. The van der Waals surface area contributed by atoms with E-state index in [1.54, 1.807) is 25.2 Å². The van der Waals surface area contributed by atoms with E-state index in [1.807, 2.05) is 0 Å². The molecule has 0 aromatic heterocycles. The topological polar surface area (TPSA) is 61.9 Å². The minimum atomic E-state index is -0.111. The lowest BCUT2D eigenvalue weighted by Gasteiger charge is -2.26. The number of nitrogens with one attached hydrogen (secondary N) is 1. The summed E-state index contributed by atoms with van der Waals surface area (Å²) in [6.45, 7) is 7.27. The Morgan fingerprint density at radius 2 is 2.21 bits per heavy atom. The number of likely N-dealkylation sites (N-methyl/N-ethyl adjacent to an activating group) is 1. The molecule has 0 saturated carbocycles. The van der Waals surface area contributed by atoms with E-state index in [0.717, 1.165) is 19.5 Å². The second-order valence-electron chi connectivity index (χ2n) is 6.88. The first-order valence-corrected chi connectivity index (χ1v) is 8.51. The van der Waals surface area contributed by atoms with E-state index in [0.29, 0.717) is 35.5 Å². The van der Waals surface area contributed by atoms with Gasteiger partial charge in [0.25, 0.3) is 11.8 Å². The predicted octanol–water partition coefficient (Wildman–Crippen LogP) is 1.50. The standard InChI is InChI=1S/C18H25N3O3/c1-12(2)21-7-6-13(10-21)9-19-18(23)14-4-5-16-15(8-14)20(3)17(22)11-24-16/h4-5,8,12-13H,6-7,9-11H2,1-3H3,(H,19,23)/t13-/m1/s1. The lowest BCUT2D eigenvalue weighted by molar-refractivity contribution is -0.120. The summed E-state index contributed by atoms with van der Waals surface area (Å²) in [4.78, 5) is 28.1. The highest BCUT2D eigenvalue weighted by atomic mass is 16.5. The normalized spacial score (nSPS) is 20.9. The summed E-state index contributed by atoms with van der Waals surface area (Å²) < 4.78 is 5.39. The van der Waals surface area contributed by atoms with E-state index in [1.165, 1.54) is 4.90 Å². The fraction of sp³-hybridized carbons (Fsp3) is 0.556. The van der Waals surface area contributed by atoms with Crippen LogP contribution in [-0.4, -0.2) is 56.0 Å². The highest BCUT2D eigenvalue weighted by molar-refractivity contribution is 6.00. The summed E-state index contributed by atoms with van der Waals surface area (Å²) in [5.74, 6) is 0.922. The number of fused-ring (bicyclic) bond motifs is 1. The second-order valence-corrected chi connectivity index (χ2v) is 6.88. The Balaban J connectivity index is 1.61. The first kappa shape index (κ1) is 16.8. The molecule has 6 nitrogen and oxygen atoms in total. The molecule has 6 heteroatoms. The number of hydrogen-bond acceptors (Lipinski definition) is 4. The number of hydrogen-bond donors (Lipinski definition) is 1. The quantitative estimate of drug-likeness (QED) is 0.908. The molecule has 2 aliphatic heterocycles. The van der Waals surface area contributed by atoms with Crippen LogP contribution >= 0.6 is 0 Å². The number of likely N-dealkylation sites (tertiary alicyclic amines) is 1. The Kier molecular flexibility index (Phi) is 4.76. The van der Waals surface area contributed by atoms with Crippen LogP contribution in [0.3, 0.4) is 0 Å². The predicted molar refractivity (Wildman–Crippen MR) is 92.5 cm³/mol. The Morgan fingerprint density at radius 1 is 1.42 bits per heavy atom. The van der Waals surface area contributed by atoms with Gasteiger partial charge in [0.05, 0.1) is 5.69 Å². The monoisotopic (exact) mass is 331 g/mol. The molecule has 1 aromatic rings. The molecule has 24 heavy (non-hydrogen) atoms. The third-order valence-corrected chi connectivity index (χ3v) is 4.91. The van der Waals surface area contributed by atoms with E-state index in [9.17, 15) is 9.59 Å². The molecule has 0 spiro atoms. The van der Waals surface area contributed by atoms with Crippen molar-refractivity contribution in [1.82, 2.24) is 10.2 Å². The first-order valence-electron chi connectivity index (χ1n) is 8.51. The minimum Gasteiger partial charge on any atom is -0.482 e. The number of amides is 2. The van der Waals surface area contributed by atoms with E-state index in [2.05, 4.69) is 24.1 Å². The van der Waals surface area contributed by atoms with Crippen LogP contribution in [0.5, 0.6) is 5.75 Å². The van der Waals surface area contributed by atoms with Crippen LogP contribution in [0.25, 0.3) is 0 Å². The van der Waals surface area contributed by atoms with Crippen LogP contribution in [0.2, 0.25) is 0 Å². The van der Waals surface area contributed by atoms with Crippen LogP contribution in [-0.2, 0) is 4.79 Å². The maximum Gasteiger partial charge on any atom is 0.264 e. The maximum atomic E-state index is 12.4. The zero-order valence-electron chi connectivity index (χ0n) is 14.5. The van der Waals surface area contributed by atoms with Crippen LogP contribution < -0.4 is 15.0 Å². The number of anilines is 1. The molecule has 3 rings (SSSR count). The molecule has 0 bridgehead atoms. The Labute approximate surface area is 142 Å². The van der Waals surface area contributed by atoms with Gasteiger partial charge < -0.3 is 19.9 Å². The van der Waals surface area contributed by atoms with Crippen molar-refractivity contribution >= 4 is 17.5 Å². The molecular weight excluding hydrogens is 306 g/mol. The molecular formula is C18H25N3O3. The second kappa shape index (κ2) is 6.81. The molecule has 1 atom stereocenters. The number of benzene rings is 1. The molecule has 130 valence electrons. The van der Waals surface area contributed by atoms with Gasteiger partial charge in [0.2, 0.25) is 0 Å². The third kappa shape index (κ3) is 3.38. The van der Waals surface area contributed by atoms with Crippen molar-refractivity contribution in [1.29, 1.82) is 0 Å². The Morgan fingerprint density at radius 3 is 2.92 bits per heavy atom. The van der Waals surface area contributed by atoms with E-state index >= 15 is 0 Å². The minimum absolute atomic E-state index is 0.0447. The number of ether oxygens (including phenoxy) is 1. The molecule has 1 fully saturated rings. The van der Waals surface area contributed by atoms with Gasteiger partial charge in [-0.05, 0) is 50.9 Å². The molecule has 1 aromatic carbocycles. The van der Waals surface area contributed by atoms with Crippen molar-refractivity contribution in [3.8, 4) is 5.75 Å². The number of nitrogens with zero attached hydrogens (tertiary/aromatic N) is 2. The van der Waals surface area contributed by atoms with Gasteiger partial charge in [-0.2, -0.15) is 0 Å². The summed E-state index contributed by atoms with van der Waals surface area (Å²) in [6.07, 6.45) is 1.12. The molecule has 2 aliphatic rings. The fourth-order valence-corrected chi connectivity index (χ4v) is 3.25.